The molecular weight excluding hydrogens is 326 g/mol. The van der Waals surface area contributed by atoms with Crippen LogP contribution in [0.25, 0.3) is 0 Å². The second-order valence-corrected chi connectivity index (χ2v) is 6.42. The Kier molecular flexibility index (Phi) is 5.30. The SMILES string of the molecule is O=C(NCC1CCC(O)CC1)c1cc(S)ccc1Br. The van der Waals surface area contributed by atoms with Crippen LogP contribution in [0.1, 0.15) is 36.0 Å². The molecule has 1 aliphatic rings. The molecule has 0 aliphatic heterocycles. The Morgan fingerprint density at radius 1 is 1.37 bits per heavy atom. The molecule has 0 saturated heterocycles. The minimum Gasteiger partial charge on any atom is -0.393 e. The average Bonchev–Trinajstić information content (AvgIpc) is 2.40. The van der Waals surface area contributed by atoms with Crippen molar-refractivity contribution in [1.82, 2.24) is 5.32 Å². The van der Waals surface area contributed by atoms with Crippen LogP contribution in [0.5, 0.6) is 0 Å². The number of nitrogens with one attached hydrogen (secondary N) is 1. The molecule has 104 valence electrons. The number of benzene rings is 1. The fourth-order valence-corrected chi connectivity index (χ4v) is 3.00. The van der Waals surface area contributed by atoms with E-state index in [9.17, 15) is 9.90 Å². The first-order chi connectivity index (χ1) is 9.06. The van der Waals surface area contributed by atoms with Crippen molar-refractivity contribution in [3.63, 3.8) is 0 Å². The van der Waals surface area contributed by atoms with Crippen molar-refractivity contribution in [3.05, 3.63) is 28.2 Å². The maximum atomic E-state index is 12.1. The highest BCUT2D eigenvalue weighted by atomic mass is 79.9. The first-order valence-corrected chi connectivity index (χ1v) is 7.75. The molecule has 1 amide bonds. The van der Waals surface area contributed by atoms with Crippen molar-refractivity contribution in [2.24, 2.45) is 5.92 Å². The Hall–Kier alpha value is -0.520. The van der Waals surface area contributed by atoms with E-state index < -0.39 is 0 Å². The normalized spacial score (nSPS) is 23.1. The highest BCUT2D eigenvalue weighted by Gasteiger charge is 2.20. The number of hydrogen-bond acceptors (Lipinski definition) is 3. The number of carbonyl (C=O) groups excluding carboxylic acids is 1. The molecular formula is C14H18BrNO2S. The van der Waals surface area contributed by atoms with Crippen LogP contribution < -0.4 is 5.32 Å². The quantitative estimate of drug-likeness (QED) is 0.739. The summed E-state index contributed by atoms with van der Waals surface area (Å²) in [7, 11) is 0. The van der Waals surface area contributed by atoms with Gasteiger partial charge in [-0.3, -0.25) is 4.79 Å². The summed E-state index contributed by atoms with van der Waals surface area (Å²) >= 11 is 7.62. The zero-order chi connectivity index (χ0) is 13.8. The Morgan fingerprint density at radius 2 is 2.05 bits per heavy atom. The smallest absolute Gasteiger partial charge is 0.252 e. The molecule has 0 bridgehead atoms. The number of halogens is 1. The molecule has 5 heteroatoms. The molecule has 19 heavy (non-hydrogen) atoms. The maximum Gasteiger partial charge on any atom is 0.252 e. The average molecular weight is 344 g/mol. The molecule has 0 spiro atoms. The predicted octanol–water partition coefficient (Wildman–Crippen LogP) is 3.02. The topological polar surface area (TPSA) is 49.3 Å². The van der Waals surface area contributed by atoms with Crippen LogP contribution in [-0.4, -0.2) is 23.7 Å². The predicted molar refractivity (Wildman–Crippen MR) is 81.7 cm³/mol. The van der Waals surface area contributed by atoms with Gasteiger partial charge in [-0.1, -0.05) is 0 Å². The van der Waals surface area contributed by atoms with E-state index in [0.717, 1.165) is 35.1 Å². The molecule has 0 unspecified atom stereocenters. The highest BCUT2D eigenvalue weighted by Crippen LogP contribution is 2.24. The second kappa shape index (κ2) is 6.77. The third-order valence-electron chi connectivity index (χ3n) is 3.56. The molecule has 0 radical (unpaired) electrons. The van der Waals surface area contributed by atoms with E-state index in [0.29, 0.717) is 18.0 Å². The number of amides is 1. The Balaban J connectivity index is 1.89. The molecule has 2 N–H and O–H groups in total. The lowest BCUT2D eigenvalue weighted by Gasteiger charge is -2.25. The first kappa shape index (κ1) is 14.9. The fourth-order valence-electron chi connectivity index (χ4n) is 2.37. The molecule has 2 rings (SSSR count). The second-order valence-electron chi connectivity index (χ2n) is 5.05. The maximum absolute atomic E-state index is 12.1. The number of hydrogen-bond donors (Lipinski definition) is 3. The van der Waals surface area contributed by atoms with E-state index >= 15 is 0 Å². The summed E-state index contributed by atoms with van der Waals surface area (Å²) in [5, 5.41) is 12.4. The number of carbonyl (C=O) groups is 1. The molecule has 1 aromatic rings. The molecule has 1 aliphatic carbocycles. The number of rotatable bonds is 3. The minimum absolute atomic E-state index is 0.0751. The van der Waals surface area contributed by atoms with Gasteiger partial charge in [-0.25, -0.2) is 0 Å². The number of aliphatic hydroxyl groups excluding tert-OH is 1. The van der Waals surface area contributed by atoms with Crippen molar-refractivity contribution in [1.29, 1.82) is 0 Å². The van der Waals surface area contributed by atoms with Crippen LogP contribution in [0.15, 0.2) is 27.6 Å². The van der Waals surface area contributed by atoms with Gasteiger partial charge in [0, 0.05) is 15.9 Å². The van der Waals surface area contributed by atoms with Crippen molar-refractivity contribution >= 4 is 34.5 Å². The monoisotopic (exact) mass is 343 g/mol. The number of aliphatic hydroxyl groups is 1. The van der Waals surface area contributed by atoms with E-state index in [1.807, 2.05) is 12.1 Å². The van der Waals surface area contributed by atoms with Gasteiger partial charge in [0.1, 0.15) is 0 Å². The van der Waals surface area contributed by atoms with Crippen LogP contribution in [0, 0.1) is 5.92 Å². The van der Waals surface area contributed by atoms with Crippen LogP contribution >= 0.6 is 28.6 Å². The van der Waals surface area contributed by atoms with Crippen LogP contribution in [0.3, 0.4) is 0 Å². The third kappa shape index (κ3) is 4.23. The van der Waals surface area contributed by atoms with Gasteiger partial charge < -0.3 is 10.4 Å². The van der Waals surface area contributed by atoms with Gasteiger partial charge in [-0.15, -0.1) is 12.6 Å². The standard InChI is InChI=1S/C14H18BrNO2S/c15-13-6-5-11(19)7-12(13)14(18)16-8-9-1-3-10(17)4-2-9/h5-7,9-10,17,19H,1-4,8H2,(H,16,18). The largest absolute Gasteiger partial charge is 0.393 e. The molecule has 1 saturated carbocycles. The van der Waals surface area contributed by atoms with Gasteiger partial charge >= 0.3 is 0 Å². The van der Waals surface area contributed by atoms with Crippen LogP contribution in [-0.2, 0) is 0 Å². The van der Waals surface area contributed by atoms with E-state index in [2.05, 4.69) is 33.9 Å². The van der Waals surface area contributed by atoms with Gasteiger partial charge in [0.05, 0.1) is 11.7 Å². The minimum atomic E-state index is -0.151. The summed E-state index contributed by atoms with van der Waals surface area (Å²) in [4.78, 5) is 12.9. The molecule has 3 nitrogen and oxygen atoms in total. The fraction of sp³-hybridized carbons (Fsp3) is 0.500. The highest BCUT2D eigenvalue weighted by molar-refractivity contribution is 9.10. The van der Waals surface area contributed by atoms with E-state index in [1.165, 1.54) is 0 Å². The summed E-state index contributed by atoms with van der Waals surface area (Å²) < 4.78 is 0.780. The molecule has 1 aromatic carbocycles. The summed E-state index contributed by atoms with van der Waals surface area (Å²) in [5.74, 6) is 0.402. The third-order valence-corrected chi connectivity index (χ3v) is 4.53. The summed E-state index contributed by atoms with van der Waals surface area (Å²) in [5.41, 5.74) is 0.614. The van der Waals surface area contributed by atoms with Crippen molar-refractivity contribution < 1.29 is 9.90 Å². The van der Waals surface area contributed by atoms with Crippen molar-refractivity contribution in [3.8, 4) is 0 Å². The summed E-state index contributed by atoms with van der Waals surface area (Å²) in [6.45, 7) is 0.675. The van der Waals surface area contributed by atoms with Gasteiger partial charge in [-0.2, -0.15) is 0 Å². The summed E-state index contributed by atoms with van der Waals surface area (Å²) in [6.07, 6.45) is 3.50. The van der Waals surface area contributed by atoms with Gasteiger partial charge in [-0.05, 0) is 65.7 Å². The first-order valence-electron chi connectivity index (χ1n) is 6.51. The van der Waals surface area contributed by atoms with Gasteiger partial charge in [0.15, 0.2) is 0 Å². The lowest BCUT2D eigenvalue weighted by molar-refractivity contribution is 0.0909. The van der Waals surface area contributed by atoms with Crippen molar-refractivity contribution in [2.45, 2.75) is 36.7 Å². The Bertz CT molecular complexity index is 459. The van der Waals surface area contributed by atoms with E-state index in [1.54, 1.807) is 6.07 Å². The zero-order valence-electron chi connectivity index (χ0n) is 10.6. The van der Waals surface area contributed by atoms with Crippen molar-refractivity contribution in [2.75, 3.05) is 6.54 Å². The number of thiol groups is 1. The summed E-state index contributed by atoms with van der Waals surface area (Å²) in [6, 6.07) is 5.42. The Labute approximate surface area is 127 Å². The lowest BCUT2D eigenvalue weighted by Crippen LogP contribution is -2.32. The van der Waals surface area contributed by atoms with Gasteiger partial charge in [0.2, 0.25) is 0 Å². The van der Waals surface area contributed by atoms with E-state index in [-0.39, 0.29) is 12.0 Å². The van der Waals surface area contributed by atoms with E-state index in [4.69, 9.17) is 0 Å². The molecule has 0 heterocycles. The van der Waals surface area contributed by atoms with Crippen LogP contribution in [0.2, 0.25) is 0 Å². The zero-order valence-corrected chi connectivity index (χ0v) is 13.1. The molecule has 1 fully saturated rings. The molecule has 0 aromatic heterocycles. The Morgan fingerprint density at radius 3 is 2.74 bits per heavy atom. The van der Waals surface area contributed by atoms with Gasteiger partial charge in [0.25, 0.3) is 5.91 Å². The van der Waals surface area contributed by atoms with Crippen LogP contribution in [0.4, 0.5) is 0 Å². The molecule has 0 atom stereocenters. The lowest BCUT2D eigenvalue weighted by atomic mass is 9.87.